The number of hydrogen-bond donors (Lipinski definition) is 1. The summed E-state index contributed by atoms with van der Waals surface area (Å²) in [6.07, 6.45) is 18.4. The minimum Gasteiger partial charge on any atom is -0.381 e. The summed E-state index contributed by atoms with van der Waals surface area (Å²) in [6.45, 7) is 6.83. The van der Waals surface area contributed by atoms with Crippen molar-refractivity contribution >= 4 is 0 Å². The van der Waals surface area contributed by atoms with Gasteiger partial charge in [-0.05, 0) is 86.9 Å². The van der Waals surface area contributed by atoms with Gasteiger partial charge in [0.25, 0.3) is 0 Å². The Morgan fingerprint density at radius 3 is 2.65 bits per heavy atom. The Kier molecular flexibility index (Phi) is 4.37. The van der Waals surface area contributed by atoms with Gasteiger partial charge in [-0.15, -0.1) is 6.42 Å². The Morgan fingerprint density at radius 2 is 1.96 bits per heavy atom. The molecule has 1 N–H and O–H groups in total. The molecule has 144 valence electrons. The first-order valence-electron chi connectivity index (χ1n) is 10.7. The molecule has 3 fully saturated rings. The molecule has 2 heteroatoms. The second-order valence-electron chi connectivity index (χ2n) is 10.3. The van der Waals surface area contributed by atoms with Crippen LogP contribution in [0.2, 0.25) is 0 Å². The molecule has 0 saturated heterocycles. The molecule has 0 aromatic rings. The van der Waals surface area contributed by atoms with E-state index < -0.39 is 5.60 Å². The topological polar surface area (TPSA) is 29.5 Å². The molecule has 0 aromatic heterocycles. The van der Waals surface area contributed by atoms with Gasteiger partial charge in [0.15, 0.2) is 0 Å². The van der Waals surface area contributed by atoms with Crippen molar-refractivity contribution in [2.24, 2.45) is 34.5 Å². The summed E-state index contributed by atoms with van der Waals surface area (Å²) < 4.78 is 5.68. The molecule has 8 atom stereocenters. The monoisotopic (exact) mass is 356 g/mol. The Hall–Kier alpha value is -0.780. The highest BCUT2D eigenvalue weighted by molar-refractivity contribution is 5.26. The van der Waals surface area contributed by atoms with Gasteiger partial charge in [0.1, 0.15) is 5.60 Å². The van der Waals surface area contributed by atoms with Gasteiger partial charge in [0, 0.05) is 13.0 Å². The summed E-state index contributed by atoms with van der Waals surface area (Å²) in [6, 6.07) is 0. The van der Waals surface area contributed by atoms with Gasteiger partial charge in [0.2, 0.25) is 0 Å². The number of fused-ring (bicyclic) bond motifs is 5. The van der Waals surface area contributed by atoms with Crippen LogP contribution >= 0.6 is 0 Å². The smallest absolute Gasteiger partial charge is 0.125 e. The van der Waals surface area contributed by atoms with E-state index in [1.165, 1.54) is 38.5 Å². The maximum absolute atomic E-state index is 10.9. The molecular formula is C24H36O2. The summed E-state index contributed by atoms with van der Waals surface area (Å²) >= 11 is 0. The van der Waals surface area contributed by atoms with Crippen molar-refractivity contribution in [2.75, 3.05) is 7.11 Å². The first-order valence-corrected chi connectivity index (χ1v) is 10.7. The van der Waals surface area contributed by atoms with E-state index in [-0.39, 0.29) is 11.3 Å². The van der Waals surface area contributed by atoms with Crippen LogP contribution in [0.1, 0.15) is 72.1 Å². The molecule has 3 saturated carbocycles. The second kappa shape index (κ2) is 6.11. The first-order chi connectivity index (χ1) is 12.3. The van der Waals surface area contributed by atoms with Gasteiger partial charge in [-0.2, -0.15) is 0 Å². The van der Waals surface area contributed by atoms with Crippen LogP contribution in [-0.4, -0.2) is 23.9 Å². The molecule has 0 aliphatic heterocycles. The normalized spacial score (nSPS) is 49.8. The molecule has 0 spiro atoms. The third-order valence-electron chi connectivity index (χ3n) is 9.36. The molecule has 0 amide bonds. The van der Waals surface area contributed by atoms with Crippen LogP contribution < -0.4 is 0 Å². The Labute approximate surface area is 159 Å². The molecule has 8 unspecified atom stereocenters. The van der Waals surface area contributed by atoms with Crippen LogP contribution in [0.5, 0.6) is 0 Å². The molecular weight excluding hydrogens is 320 g/mol. The van der Waals surface area contributed by atoms with Crippen molar-refractivity contribution in [3.05, 3.63) is 11.6 Å². The van der Waals surface area contributed by atoms with E-state index in [1.54, 1.807) is 5.57 Å². The molecule has 26 heavy (non-hydrogen) atoms. The molecule has 0 heterocycles. The van der Waals surface area contributed by atoms with Crippen LogP contribution in [0.15, 0.2) is 11.6 Å². The molecule has 0 bridgehead atoms. The van der Waals surface area contributed by atoms with E-state index in [1.807, 2.05) is 14.0 Å². The van der Waals surface area contributed by atoms with Crippen molar-refractivity contribution < 1.29 is 9.84 Å². The van der Waals surface area contributed by atoms with Crippen molar-refractivity contribution in [1.82, 2.24) is 0 Å². The molecule has 2 nitrogen and oxygen atoms in total. The van der Waals surface area contributed by atoms with E-state index in [0.29, 0.717) is 17.4 Å². The van der Waals surface area contributed by atoms with Gasteiger partial charge in [-0.25, -0.2) is 0 Å². The Balaban J connectivity index is 1.63. The van der Waals surface area contributed by atoms with Crippen molar-refractivity contribution in [2.45, 2.75) is 83.8 Å². The summed E-state index contributed by atoms with van der Waals surface area (Å²) in [7, 11) is 1.86. The fourth-order valence-corrected chi connectivity index (χ4v) is 7.85. The maximum atomic E-state index is 10.9. The van der Waals surface area contributed by atoms with E-state index >= 15 is 0 Å². The number of hydrogen-bond acceptors (Lipinski definition) is 2. The van der Waals surface area contributed by atoms with E-state index in [4.69, 9.17) is 11.2 Å². The standard InChI is InChI=1S/C24H36O2/c1-6-24(4,25)21-10-9-19-18-8-7-16-15-17(26-5)11-13-22(16,2)20(18)12-14-23(19,21)3/h1,7,17-21,25H,8-15H2,2-5H3. The average Bonchev–Trinajstić information content (AvgIpc) is 2.99. The second-order valence-corrected chi connectivity index (χ2v) is 10.3. The summed E-state index contributed by atoms with van der Waals surface area (Å²) in [5.74, 6) is 5.22. The Bertz CT molecular complexity index is 641. The minimum absolute atomic E-state index is 0.197. The van der Waals surface area contributed by atoms with Crippen molar-refractivity contribution in [3.63, 3.8) is 0 Å². The number of rotatable bonds is 2. The lowest BCUT2D eigenvalue weighted by molar-refractivity contribution is -0.0839. The largest absolute Gasteiger partial charge is 0.381 e. The lowest BCUT2D eigenvalue weighted by Crippen LogP contribution is -2.52. The SMILES string of the molecule is C#CC(C)(O)C1CCC2C3CC=C4CC(OC)CCC4(C)C3CCC21C. The predicted octanol–water partition coefficient (Wildman–Crippen LogP) is 4.96. The lowest BCUT2D eigenvalue weighted by Gasteiger charge is -2.58. The van der Waals surface area contributed by atoms with Gasteiger partial charge in [0.05, 0.1) is 6.10 Å². The van der Waals surface area contributed by atoms with E-state index in [2.05, 4.69) is 25.8 Å². The molecule has 4 aliphatic rings. The van der Waals surface area contributed by atoms with Crippen LogP contribution in [0, 0.1) is 46.8 Å². The van der Waals surface area contributed by atoms with Crippen molar-refractivity contribution in [1.29, 1.82) is 0 Å². The Morgan fingerprint density at radius 1 is 1.19 bits per heavy atom. The third kappa shape index (κ3) is 2.46. The van der Waals surface area contributed by atoms with Crippen LogP contribution in [0.4, 0.5) is 0 Å². The molecule has 0 radical (unpaired) electrons. The fraction of sp³-hybridized carbons (Fsp3) is 0.833. The quantitative estimate of drug-likeness (QED) is 0.559. The van der Waals surface area contributed by atoms with Gasteiger partial charge in [-0.1, -0.05) is 31.4 Å². The summed E-state index contributed by atoms with van der Waals surface area (Å²) in [5.41, 5.74) is 1.27. The molecule has 4 rings (SSSR count). The highest BCUT2D eigenvalue weighted by Gasteiger charge is 2.61. The lowest BCUT2D eigenvalue weighted by atomic mass is 9.47. The minimum atomic E-state index is -0.966. The predicted molar refractivity (Wildman–Crippen MR) is 105 cm³/mol. The highest BCUT2D eigenvalue weighted by Crippen LogP contribution is 2.67. The molecule has 4 aliphatic carbocycles. The first kappa shape index (κ1) is 18.6. The van der Waals surface area contributed by atoms with Gasteiger partial charge in [-0.3, -0.25) is 0 Å². The van der Waals surface area contributed by atoms with Crippen LogP contribution in [-0.2, 0) is 4.74 Å². The zero-order valence-electron chi connectivity index (χ0n) is 17.1. The number of aliphatic hydroxyl groups is 1. The third-order valence-corrected chi connectivity index (χ3v) is 9.36. The summed E-state index contributed by atoms with van der Waals surface area (Å²) in [4.78, 5) is 0. The van der Waals surface area contributed by atoms with E-state index in [9.17, 15) is 5.11 Å². The number of methoxy groups -OCH3 is 1. The summed E-state index contributed by atoms with van der Waals surface area (Å²) in [5, 5.41) is 10.9. The zero-order chi connectivity index (χ0) is 18.7. The van der Waals surface area contributed by atoms with E-state index in [0.717, 1.165) is 24.7 Å². The maximum Gasteiger partial charge on any atom is 0.125 e. The number of allylic oxidation sites excluding steroid dienone is 1. The number of ether oxygens (including phenoxy) is 1. The van der Waals surface area contributed by atoms with Gasteiger partial charge >= 0.3 is 0 Å². The fourth-order valence-electron chi connectivity index (χ4n) is 7.85. The van der Waals surface area contributed by atoms with Crippen LogP contribution in [0.25, 0.3) is 0 Å². The van der Waals surface area contributed by atoms with Crippen molar-refractivity contribution in [3.8, 4) is 12.3 Å². The average molecular weight is 357 g/mol. The highest BCUT2D eigenvalue weighted by atomic mass is 16.5. The van der Waals surface area contributed by atoms with Gasteiger partial charge < -0.3 is 9.84 Å². The van der Waals surface area contributed by atoms with Crippen LogP contribution in [0.3, 0.4) is 0 Å². The number of terminal acetylenes is 1. The molecule has 0 aromatic carbocycles. The zero-order valence-corrected chi connectivity index (χ0v) is 17.1.